The van der Waals surface area contributed by atoms with Gasteiger partial charge in [0.05, 0.1) is 18.5 Å². The van der Waals surface area contributed by atoms with Gasteiger partial charge in [0.2, 0.25) is 11.8 Å². The van der Waals surface area contributed by atoms with Crippen LogP contribution < -0.4 is 5.32 Å². The molecule has 0 spiro atoms. The number of aliphatic imine (C=N–C) groups is 1. The lowest BCUT2D eigenvalue weighted by Gasteiger charge is -2.41. The summed E-state index contributed by atoms with van der Waals surface area (Å²) in [5, 5.41) is 4.09. The van der Waals surface area contributed by atoms with Gasteiger partial charge in [0.15, 0.2) is 5.96 Å². The summed E-state index contributed by atoms with van der Waals surface area (Å²) in [6.45, 7) is 10.7. The topological polar surface area (TPSA) is 68.2 Å². The van der Waals surface area contributed by atoms with Crippen LogP contribution >= 0.6 is 11.6 Å². The number of hydrogen-bond donors (Lipinski definition) is 1. The fraction of sp³-hybridized carbons (Fsp3) is 0.690. The summed E-state index contributed by atoms with van der Waals surface area (Å²) in [5.74, 6) is 2.02. The van der Waals surface area contributed by atoms with Crippen LogP contribution in [-0.2, 0) is 9.59 Å². The number of guanidine groups is 1. The number of nitrogens with one attached hydrogen (secondary N) is 1. The van der Waals surface area contributed by atoms with E-state index in [4.69, 9.17) is 11.6 Å². The molecular formula is C29H42ClN5O2. The van der Waals surface area contributed by atoms with Gasteiger partial charge >= 0.3 is 0 Å². The van der Waals surface area contributed by atoms with E-state index in [-0.39, 0.29) is 35.6 Å². The van der Waals surface area contributed by atoms with Gasteiger partial charge < -0.3 is 20.0 Å². The summed E-state index contributed by atoms with van der Waals surface area (Å²) in [6, 6.07) is 8.37. The van der Waals surface area contributed by atoms with Crippen molar-refractivity contribution in [2.45, 2.75) is 70.9 Å². The highest BCUT2D eigenvalue weighted by atomic mass is 35.5. The molecule has 202 valence electrons. The number of rotatable bonds is 5. The highest BCUT2D eigenvalue weighted by molar-refractivity contribution is 6.30. The lowest BCUT2D eigenvalue weighted by atomic mass is 9.85. The summed E-state index contributed by atoms with van der Waals surface area (Å²) in [5.41, 5.74) is 1.15. The molecule has 37 heavy (non-hydrogen) atoms. The molecule has 4 aliphatic rings. The van der Waals surface area contributed by atoms with Gasteiger partial charge in [-0.2, -0.15) is 0 Å². The number of carbonyl (C=O) groups excluding carboxylic acids is 2. The standard InChI is InChI=1S/C29H42ClN5O2/c1-19(2)27(36)35(23-10-4-20(3)5-11-23)24-12-15-33(16-24)28(37)26-18-34(29-31-13-14-32-29)17-25(26)21-6-8-22(30)9-7-21/h6-9,19-20,23-26H,4-5,10-18H2,1-3H3,(H,31,32)/t20?,23?,24-,25+,26?/m0/s1. The average Bonchev–Trinajstić information content (AvgIpc) is 3.66. The van der Waals surface area contributed by atoms with Crippen molar-refractivity contribution in [1.82, 2.24) is 20.0 Å². The van der Waals surface area contributed by atoms with E-state index in [0.717, 1.165) is 62.9 Å². The molecule has 0 radical (unpaired) electrons. The van der Waals surface area contributed by atoms with E-state index in [0.29, 0.717) is 24.2 Å². The van der Waals surface area contributed by atoms with Gasteiger partial charge in [0.25, 0.3) is 0 Å². The van der Waals surface area contributed by atoms with Crippen molar-refractivity contribution in [2.24, 2.45) is 22.7 Å². The molecule has 3 aliphatic heterocycles. The summed E-state index contributed by atoms with van der Waals surface area (Å²) >= 11 is 6.17. The zero-order chi connectivity index (χ0) is 26.1. The van der Waals surface area contributed by atoms with Gasteiger partial charge in [0, 0.05) is 55.6 Å². The lowest BCUT2D eigenvalue weighted by Crippen LogP contribution is -2.51. The van der Waals surface area contributed by atoms with E-state index in [1.165, 1.54) is 12.8 Å². The maximum absolute atomic E-state index is 14.1. The van der Waals surface area contributed by atoms with E-state index >= 15 is 0 Å². The third kappa shape index (κ3) is 5.62. The van der Waals surface area contributed by atoms with E-state index in [1.807, 2.05) is 30.9 Å². The number of halogens is 1. The predicted molar refractivity (Wildman–Crippen MR) is 148 cm³/mol. The Morgan fingerprint density at radius 2 is 1.76 bits per heavy atom. The first-order valence-electron chi connectivity index (χ1n) is 14.2. The molecule has 1 aliphatic carbocycles. The zero-order valence-corrected chi connectivity index (χ0v) is 23.3. The fourth-order valence-corrected chi connectivity index (χ4v) is 6.88. The molecule has 3 heterocycles. The molecule has 1 N–H and O–H groups in total. The fourth-order valence-electron chi connectivity index (χ4n) is 6.75. The number of hydrogen-bond acceptors (Lipinski definition) is 5. The first-order valence-corrected chi connectivity index (χ1v) is 14.6. The van der Waals surface area contributed by atoms with Crippen LogP contribution in [0.1, 0.15) is 64.4 Å². The summed E-state index contributed by atoms with van der Waals surface area (Å²) in [7, 11) is 0. The molecule has 0 aromatic heterocycles. The summed E-state index contributed by atoms with van der Waals surface area (Å²) < 4.78 is 0. The van der Waals surface area contributed by atoms with Crippen LogP contribution in [0.2, 0.25) is 5.02 Å². The molecule has 3 fully saturated rings. The van der Waals surface area contributed by atoms with Crippen molar-refractivity contribution in [3.63, 3.8) is 0 Å². The third-order valence-electron chi connectivity index (χ3n) is 8.89. The van der Waals surface area contributed by atoms with Crippen molar-refractivity contribution >= 4 is 29.4 Å². The second-order valence-electron chi connectivity index (χ2n) is 11.8. The van der Waals surface area contributed by atoms with Gasteiger partial charge in [-0.3, -0.25) is 14.6 Å². The maximum Gasteiger partial charge on any atom is 0.228 e. The molecule has 7 nitrogen and oxygen atoms in total. The molecule has 0 bridgehead atoms. The van der Waals surface area contributed by atoms with Crippen LogP contribution in [0.3, 0.4) is 0 Å². The Labute approximate surface area is 226 Å². The highest BCUT2D eigenvalue weighted by Gasteiger charge is 2.45. The van der Waals surface area contributed by atoms with Crippen molar-refractivity contribution in [3.8, 4) is 0 Å². The Bertz CT molecular complexity index is 1000. The van der Waals surface area contributed by atoms with Crippen LogP contribution in [0.15, 0.2) is 29.3 Å². The van der Waals surface area contributed by atoms with Gasteiger partial charge in [-0.1, -0.05) is 44.5 Å². The smallest absolute Gasteiger partial charge is 0.228 e. The summed E-state index contributed by atoms with van der Waals surface area (Å²) in [6.07, 6.45) is 5.39. The number of amides is 2. The quantitative estimate of drug-likeness (QED) is 0.629. The van der Waals surface area contributed by atoms with Gasteiger partial charge in [-0.15, -0.1) is 0 Å². The van der Waals surface area contributed by atoms with E-state index in [2.05, 4.69) is 39.2 Å². The van der Waals surface area contributed by atoms with Crippen LogP contribution in [-0.4, -0.2) is 83.8 Å². The van der Waals surface area contributed by atoms with Crippen LogP contribution in [0.5, 0.6) is 0 Å². The Balaban J connectivity index is 1.33. The first-order chi connectivity index (χ1) is 17.8. The van der Waals surface area contributed by atoms with E-state index < -0.39 is 0 Å². The van der Waals surface area contributed by atoms with Gasteiger partial charge in [-0.05, 0) is 55.7 Å². The third-order valence-corrected chi connectivity index (χ3v) is 9.14. The van der Waals surface area contributed by atoms with Gasteiger partial charge in [0.1, 0.15) is 0 Å². The lowest BCUT2D eigenvalue weighted by molar-refractivity contribution is -0.142. The molecule has 2 amide bonds. The number of nitrogens with zero attached hydrogens (tertiary/aromatic N) is 4. The number of benzene rings is 1. The zero-order valence-electron chi connectivity index (χ0n) is 22.5. The minimum absolute atomic E-state index is 0.0264. The molecule has 1 aromatic carbocycles. The van der Waals surface area contributed by atoms with Crippen molar-refractivity contribution in [3.05, 3.63) is 34.9 Å². The van der Waals surface area contributed by atoms with Crippen LogP contribution in [0, 0.1) is 17.8 Å². The molecule has 1 aromatic rings. The minimum atomic E-state index is -0.144. The highest BCUT2D eigenvalue weighted by Crippen LogP contribution is 2.37. The average molecular weight is 528 g/mol. The van der Waals surface area contributed by atoms with E-state index in [9.17, 15) is 9.59 Å². The van der Waals surface area contributed by atoms with Crippen LogP contribution in [0.4, 0.5) is 0 Å². The Morgan fingerprint density at radius 1 is 1.03 bits per heavy atom. The Kier molecular flexibility index (Phi) is 7.99. The molecular weight excluding hydrogens is 486 g/mol. The Morgan fingerprint density at radius 3 is 2.41 bits per heavy atom. The number of likely N-dealkylation sites (tertiary alicyclic amines) is 2. The Hall–Kier alpha value is -2.28. The molecule has 3 atom stereocenters. The van der Waals surface area contributed by atoms with Crippen molar-refractivity contribution in [2.75, 3.05) is 39.3 Å². The van der Waals surface area contributed by atoms with Crippen molar-refractivity contribution < 1.29 is 9.59 Å². The van der Waals surface area contributed by atoms with Gasteiger partial charge in [-0.25, -0.2) is 0 Å². The molecule has 1 saturated carbocycles. The van der Waals surface area contributed by atoms with E-state index in [1.54, 1.807) is 0 Å². The SMILES string of the molecule is CC1CCC(N(C(=O)C(C)C)[C@H]2CCN(C(=O)C3CN(C4=NCCN4)C[C@@H]3c3ccc(Cl)cc3)C2)CC1. The minimum Gasteiger partial charge on any atom is -0.354 e. The second kappa shape index (κ2) is 11.2. The normalized spacial score (nSPS) is 30.0. The molecule has 8 heteroatoms. The first kappa shape index (κ1) is 26.3. The number of carbonyl (C=O) groups is 2. The monoisotopic (exact) mass is 527 g/mol. The maximum atomic E-state index is 14.1. The van der Waals surface area contributed by atoms with Crippen molar-refractivity contribution in [1.29, 1.82) is 0 Å². The molecule has 5 rings (SSSR count). The second-order valence-corrected chi connectivity index (χ2v) is 12.3. The molecule has 2 saturated heterocycles. The predicted octanol–water partition coefficient (Wildman–Crippen LogP) is 3.98. The van der Waals surface area contributed by atoms with Crippen LogP contribution in [0.25, 0.3) is 0 Å². The summed E-state index contributed by atoms with van der Waals surface area (Å²) in [4.78, 5) is 38.5. The largest absolute Gasteiger partial charge is 0.354 e. The molecule has 1 unspecified atom stereocenters.